The summed E-state index contributed by atoms with van der Waals surface area (Å²) in [7, 11) is 0. The molecule has 1 N–H and O–H groups in total. The Bertz CT molecular complexity index is 231. The van der Waals surface area contributed by atoms with Crippen molar-refractivity contribution in [2.45, 2.75) is 84.5 Å². The summed E-state index contributed by atoms with van der Waals surface area (Å²) in [6, 6.07) is 0. The fourth-order valence-electron chi connectivity index (χ4n) is 2.06. The summed E-state index contributed by atoms with van der Waals surface area (Å²) in [4.78, 5) is 11.1. The van der Waals surface area contributed by atoms with Crippen LogP contribution in [-0.2, 0) is 4.79 Å². The van der Waals surface area contributed by atoms with E-state index < -0.39 is 5.97 Å². The average Bonchev–Trinajstić information content (AvgIpc) is 2.35. The van der Waals surface area contributed by atoms with Crippen LogP contribution >= 0.6 is 0 Å². The molecule has 0 aromatic heterocycles. The largest absolute Gasteiger partial charge is 0.478 e. The van der Waals surface area contributed by atoms with Crippen LogP contribution in [0.25, 0.3) is 0 Å². The molecule has 0 unspecified atom stereocenters. The van der Waals surface area contributed by atoms with Crippen LogP contribution in [0.5, 0.6) is 0 Å². The van der Waals surface area contributed by atoms with Gasteiger partial charge in [-0.05, 0) is 25.7 Å². The van der Waals surface area contributed by atoms with Crippen molar-refractivity contribution < 1.29 is 9.90 Å². The molecule has 0 rings (SSSR count). The molecule has 0 aliphatic heterocycles. The molecule has 106 valence electrons. The zero-order valence-corrected chi connectivity index (χ0v) is 12.2. The normalized spacial score (nSPS) is 11.8. The number of hydrogen-bond donors (Lipinski definition) is 1. The number of aliphatic carboxylic acids is 1. The van der Waals surface area contributed by atoms with Crippen LogP contribution in [0, 0.1) is 0 Å². The average molecular weight is 254 g/mol. The summed E-state index contributed by atoms with van der Waals surface area (Å²) in [5, 5.41) is 9.11. The van der Waals surface area contributed by atoms with Crippen molar-refractivity contribution in [1.82, 2.24) is 0 Å². The second-order valence-electron chi connectivity index (χ2n) is 5.05. The third-order valence-corrected chi connectivity index (χ3v) is 3.27. The number of carboxylic acid groups (broad SMARTS) is 1. The number of carboxylic acids is 1. The van der Waals surface area contributed by atoms with E-state index in [9.17, 15) is 4.79 Å². The fraction of sp³-hybridized carbons (Fsp3) is 0.812. The molecule has 0 bridgehead atoms. The van der Waals surface area contributed by atoms with Gasteiger partial charge in [-0.15, -0.1) is 0 Å². The van der Waals surface area contributed by atoms with Gasteiger partial charge in [0.25, 0.3) is 0 Å². The van der Waals surface area contributed by atoms with Crippen LogP contribution < -0.4 is 0 Å². The zero-order chi connectivity index (χ0) is 13.6. The van der Waals surface area contributed by atoms with Crippen LogP contribution in [0.1, 0.15) is 84.5 Å². The molecular formula is C16H30O2. The van der Waals surface area contributed by atoms with Gasteiger partial charge in [-0.1, -0.05) is 64.9 Å². The molecule has 18 heavy (non-hydrogen) atoms. The summed E-state index contributed by atoms with van der Waals surface area (Å²) >= 11 is 0. The van der Waals surface area contributed by atoms with Gasteiger partial charge >= 0.3 is 5.97 Å². The maximum atomic E-state index is 11.1. The first-order valence-electron chi connectivity index (χ1n) is 7.64. The number of carbonyl (C=O) groups is 1. The number of allylic oxidation sites excluding steroid dienone is 1. The van der Waals surface area contributed by atoms with E-state index in [1.807, 2.05) is 6.08 Å². The van der Waals surface area contributed by atoms with E-state index in [2.05, 4.69) is 13.8 Å². The third-order valence-electron chi connectivity index (χ3n) is 3.27. The first-order valence-corrected chi connectivity index (χ1v) is 7.64. The van der Waals surface area contributed by atoms with Crippen LogP contribution in [-0.4, -0.2) is 11.1 Å². The van der Waals surface area contributed by atoms with E-state index in [1.54, 1.807) is 0 Å². The quantitative estimate of drug-likeness (QED) is 0.377. The molecule has 0 fully saturated rings. The van der Waals surface area contributed by atoms with Gasteiger partial charge in [-0.25, -0.2) is 4.79 Å². The molecule has 0 saturated carbocycles. The van der Waals surface area contributed by atoms with E-state index in [0.717, 1.165) is 32.1 Å². The Morgan fingerprint density at radius 3 is 2.00 bits per heavy atom. The van der Waals surface area contributed by atoms with Crippen molar-refractivity contribution in [3.63, 3.8) is 0 Å². The minimum atomic E-state index is -0.721. The van der Waals surface area contributed by atoms with Gasteiger partial charge in [-0.2, -0.15) is 0 Å². The smallest absolute Gasteiger partial charge is 0.331 e. The van der Waals surface area contributed by atoms with Crippen LogP contribution in [0.4, 0.5) is 0 Å². The van der Waals surface area contributed by atoms with Crippen LogP contribution in [0.15, 0.2) is 11.6 Å². The predicted octanol–water partition coefficient (Wildman–Crippen LogP) is 5.33. The maximum Gasteiger partial charge on any atom is 0.331 e. The Morgan fingerprint density at radius 2 is 1.44 bits per heavy atom. The van der Waals surface area contributed by atoms with Crippen molar-refractivity contribution in [1.29, 1.82) is 0 Å². The second kappa shape index (κ2) is 12.7. The second-order valence-corrected chi connectivity index (χ2v) is 5.05. The Morgan fingerprint density at radius 1 is 0.889 bits per heavy atom. The molecule has 2 nitrogen and oxygen atoms in total. The predicted molar refractivity (Wildman–Crippen MR) is 77.9 cm³/mol. The van der Waals surface area contributed by atoms with E-state index in [1.165, 1.54) is 38.5 Å². The van der Waals surface area contributed by atoms with Crippen molar-refractivity contribution >= 4 is 5.97 Å². The highest BCUT2D eigenvalue weighted by atomic mass is 16.4. The monoisotopic (exact) mass is 254 g/mol. The number of rotatable bonds is 12. The van der Waals surface area contributed by atoms with Gasteiger partial charge in [0.15, 0.2) is 0 Å². The Kier molecular flexibility index (Phi) is 12.1. The van der Waals surface area contributed by atoms with E-state index in [4.69, 9.17) is 5.11 Å². The SMILES string of the molecule is CCCCCCC=C(CCCCCCC)C(=O)O. The zero-order valence-electron chi connectivity index (χ0n) is 12.2. The molecular weight excluding hydrogens is 224 g/mol. The van der Waals surface area contributed by atoms with Gasteiger partial charge in [0.1, 0.15) is 0 Å². The van der Waals surface area contributed by atoms with Gasteiger partial charge in [-0.3, -0.25) is 0 Å². The van der Waals surface area contributed by atoms with E-state index >= 15 is 0 Å². The molecule has 0 radical (unpaired) electrons. The van der Waals surface area contributed by atoms with Gasteiger partial charge in [0, 0.05) is 5.57 Å². The highest BCUT2D eigenvalue weighted by molar-refractivity contribution is 5.86. The topological polar surface area (TPSA) is 37.3 Å². The molecule has 0 saturated heterocycles. The maximum absolute atomic E-state index is 11.1. The third kappa shape index (κ3) is 10.4. The van der Waals surface area contributed by atoms with Crippen LogP contribution in [0.3, 0.4) is 0 Å². The molecule has 0 aliphatic rings. The molecule has 0 aromatic carbocycles. The van der Waals surface area contributed by atoms with Crippen molar-refractivity contribution in [2.24, 2.45) is 0 Å². The number of unbranched alkanes of at least 4 members (excludes halogenated alkanes) is 8. The highest BCUT2D eigenvalue weighted by Crippen LogP contribution is 2.13. The van der Waals surface area contributed by atoms with E-state index in [-0.39, 0.29) is 0 Å². The molecule has 0 aromatic rings. The summed E-state index contributed by atoms with van der Waals surface area (Å²) in [6.45, 7) is 4.38. The lowest BCUT2D eigenvalue weighted by Crippen LogP contribution is -2.00. The summed E-state index contributed by atoms with van der Waals surface area (Å²) in [6.07, 6.45) is 14.4. The lowest BCUT2D eigenvalue weighted by atomic mass is 10.0. The van der Waals surface area contributed by atoms with Crippen molar-refractivity contribution in [3.05, 3.63) is 11.6 Å². The Labute approximate surface area is 112 Å². The molecule has 0 aliphatic carbocycles. The van der Waals surface area contributed by atoms with Gasteiger partial charge in [0.2, 0.25) is 0 Å². The first-order chi connectivity index (χ1) is 8.72. The lowest BCUT2D eigenvalue weighted by Gasteiger charge is -2.03. The minimum absolute atomic E-state index is 0.628. The highest BCUT2D eigenvalue weighted by Gasteiger charge is 2.05. The summed E-state index contributed by atoms with van der Waals surface area (Å²) in [5.41, 5.74) is 0.628. The number of hydrogen-bond acceptors (Lipinski definition) is 1. The first kappa shape index (κ1) is 17.2. The van der Waals surface area contributed by atoms with Gasteiger partial charge < -0.3 is 5.11 Å². The minimum Gasteiger partial charge on any atom is -0.478 e. The molecule has 0 spiro atoms. The molecule has 0 heterocycles. The molecule has 0 amide bonds. The van der Waals surface area contributed by atoms with Gasteiger partial charge in [0.05, 0.1) is 0 Å². The van der Waals surface area contributed by atoms with Crippen molar-refractivity contribution in [2.75, 3.05) is 0 Å². The van der Waals surface area contributed by atoms with E-state index in [0.29, 0.717) is 5.57 Å². The Hall–Kier alpha value is -0.790. The standard InChI is InChI=1S/C16H30O2/c1-3-5-7-9-11-13-15(16(17)18)14-12-10-8-6-4-2/h13H,3-12,14H2,1-2H3,(H,17,18). The lowest BCUT2D eigenvalue weighted by molar-refractivity contribution is -0.132. The van der Waals surface area contributed by atoms with Crippen molar-refractivity contribution in [3.8, 4) is 0 Å². The summed E-state index contributed by atoms with van der Waals surface area (Å²) < 4.78 is 0. The Balaban J connectivity index is 3.76. The molecule has 0 atom stereocenters. The molecule has 2 heteroatoms. The summed E-state index contributed by atoms with van der Waals surface area (Å²) in [5.74, 6) is -0.721. The fourth-order valence-corrected chi connectivity index (χ4v) is 2.06. The van der Waals surface area contributed by atoms with Crippen LogP contribution in [0.2, 0.25) is 0 Å².